The number of halogens is 1. The fourth-order valence-corrected chi connectivity index (χ4v) is 5.04. The van der Waals surface area contributed by atoms with E-state index in [1.54, 1.807) is 35.0 Å². The molecule has 1 atom stereocenters. The Balaban J connectivity index is 1.33. The zero-order valence-corrected chi connectivity index (χ0v) is 18.4. The molecule has 0 saturated carbocycles. The Morgan fingerprint density at radius 2 is 2.00 bits per heavy atom. The molecule has 0 radical (unpaired) electrons. The van der Waals surface area contributed by atoms with Gasteiger partial charge in [-0.1, -0.05) is 11.6 Å². The number of ether oxygens (including phenoxy) is 1. The lowest BCUT2D eigenvalue weighted by molar-refractivity contribution is 0.0595. The fraction of sp³-hybridized carbons (Fsp3) is 0.524. The fourth-order valence-electron chi connectivity index (χ4n) is 3.88. The summed E-state index contributed by atoms with van der Waals surface area (Å²) in [4.78, 5) is 13.9. The van der Waals surface area contributed by atoms with Gasteiger partial charge in [0.25, 0.3) is 5.56 Å². The quantitative estimate of drug-likeness (QED) is 0.648. The molecule has 1 aromatic carbocycles. The van der Waals surface area contributed by atoms with E-state index in [0.29, 0.717) is 11.6 Å². The van der Waals surface area contributed by atoms with Crippen LogP contribution in [-0.4, -0.2) is 52.0 Å². The summed E-state index contributed by atoms with van der Waals surface area (Å²) in [5, 5.41) is 17.3. The van der Waals surface area contributed by atoms with Crippen molar-refractivity contribution < 1.29 is 9.84 Å². The zero-order valence-electron chi connectivity index (χ0n) is 16.8. The van der Waals surface area contributed by atoms with Crippen molar-refractivity contribution in [2.75, 3.05) is 38.2 Å². The van der Waals surface area contributed by atoms with Crippen LogP contribution in [0.15, 0.2) is 40.2 Å². The second kappa shape index (κ2) is 10.0. The van der Waals surface area contributed by atoms with Crippen molar-refractivity contribution in [3.8, 4) is 5.75 Å². The highest BCUT2D eigenvalue weighted by atomic mass is 35.5. The molecule has 3 heterocycles. The number of aromatic hydroxyl groups is 1. The number of hydrogen-bond donors (Lipinski definition) is 2. The van der Waals surface area contributed by atoms with Gasteiger partial charge in [0.2, 0.25) is 0 Å². The molecule has 2 aliphatic heterocycles. The number of piperidine rings is 1. The van der Waals surface area contributed by atoms with Crippen molar-refractivity contribution >= 4 is 29.2 Å². The molecule has 30 heavy (non-hydrogen) atoms. The van der Waals surface area contributed by atoms with E-state index >= 15 is 0 Å². The molecule has 2 fully saturated rings. The number of anilines is 1. The standard InChI is InChI=1S/C21H27ClN4O3S/c22-20-19(23-12-15-2-1-11-29-14-15)13-24-26(21(20)28)16-7-9-25(10-8-16)30-18-5-3-17(27)4-6-18/h3-6,13,15-16,23,27H,1-2,7-12,14H2. The summed E-state index contributed by atoms with van der Waals surface area (Å²) in [5.74, 6) is 0.707. The second-order valence-corrected chi connectivity index (χ2v) is 9.38. The molecule has 0 aliphatic carbocycles. The van der Waals surface area contributed by atoms with Crippen LogP contribution in [0.5, 0.6) is 5.75 Å². The molecular formula is C21H27ClN4O3S. The van der Waals surface area contributed by atoms with E-state index in [9.17, 15) is 9.90 Å². The molecule has 0 amide bonds. The highest BCUT2D eigenvalue weighted by Crippen LogP contribution is 2.31. The van der Waals surface area contributed by atoms with Crippen LogP contribution in [-0.2, 0) is 4.74 Å². The predicted octanol–water partition coefficient (Wildman–Crippen LogP) is 3.79. The summed E-state index contributed by atoms with van der Waals surface area (Å²) in [6, 6.07) is 7.24. The maximum absolute atomic E-state index is 12.8. The minimum atomic E-state index is -0.230. The highest BCUT2D eigenvalue weighted by Gasteiger charge is 2.24. The van der Waals surface area contributed by atoms with Crippen LogP contribution in [0, 0.1) is 5.92 Å². The first-order valence-corrected chi connectivity index (χ1v) is 11.6. The summed E-state index contributed by atoms with van der Waals surface area (Å²) in [7, 11) is 0. The Hall–Kier alpha value is -1.74. The first kappa shape index (κ1) is 21.5. The number of aromatic nitrogens is 2. The van der Waals surface area contributed by atoms with Gasteiger partial charge >= 0.3 is 0 Å². The molecule has 0 spiro atoms. The van der Waals surface area contributed by atoms with E-state index in [1.165, 1.54) is 0 Å². The molecule has 9 heteroatoms. The molecule has 2 N–H and O–H groups in total. The van der Waals surface area contributed by atoms with Gasteiger partial charge in [-0.15, -0.1) is 0 Å². The summed E-state index contributed by atoms with van der Waals surface area (Å²) in [6.07, 6.45) is 5.53. The Morgan fingerprint density at radius 3 is 2.70 bits per heavy atom. The molecule has 4 rings (SSSR count). The lowest BCUT2D eigenvalue weighted by atomic mass is 10.0. The number of hydrogen-bond acceptors (Lipinski definition) is 7. The van der Waals surface area contributed by atoms with Crippen LogP contribution in [0.1, 0.15) is 31.7 Å². The van der Waals surface area contributed by atoms with Crippen LogP contribution in [0.4, 0.5) is 5.69 Å². The van der Waals surface area contributed by atoms with Crippen molar-refractivity contribution in [3.63, 3.8) is 0 Å². The Labute approximate surface area is 185 Å². The summed E-state index contributed by atoms with van der Waals surface area (Å²) in [5.41, 5.74) is 0.370. The lowest BCUT2D eigenvalue weighted by Gasteiger charge is -2.31. The maximum atomic E-state index is 12.8. The van der Waals surface area contributed by atoms with Crippen LogP contribution in [0.3, 0.4) is 0 Å². The smallest absolute Gasteiger partial charge is 0.287 e. The molecule has 2 aromatic rings. The van der Waals surface area contributed by atoms with Gasteiger partial charge in [-0.25, -0.2) is 8.99 Å². The number of benzene rings is 1. The van der Waals surface area contributed by atoms with Gasteiger partial charge in [0, 0.05) is 31.1 Å². The second-order valence-electron chi connectivity index (χ2n) is 7.83. The first-order valence-electron chi connectivity index (χ1n) is 10.4. The molecule has 2 saturated heterocycles. The molecular weight excluding hydrogens is 424 g/mol. The Kier molecular flexibility index (Phi) is 7.20. The van der Waals surface area contributed by atoms with E-state index in [-0.39, 0.29) is 22.4 Å². The highest BCUT2D eigenvalue weighted by molar-refractivity contribution is 7.97. The lowest BCUT2D eigenvalue weighted by Crippen LogP contribution is -2.36. The van der Waals surface area contributed by atoms with E-state index in [2.05, 4.69) is 14.7 Å². The van der Waals surface area contributed by atoms with Crippen LogP contribution >= 0.6 is 23.5 Å². The number of nitrogens with zero attached hydrogens (tertiary/aromatic N) is 3. The zero-order chi connectivity index (χ0) is 20.9. The molecule has 7 nitrogen and oxygen atoms in total. The molecule has 1 unspecified atom stereocenters. The largest absolute Gasteiger partial charge is 0.508 e. The molecule has 1 aromatic heterocycles. The van der Waals surface area contributed by atoms with E-state index < -0.39 is 0 Å². The van der Waals surface area contributed by atoms with Gasteiger partial charge < -0.3 is 15.2 Å². The van der Waals surface area contributed by atoms with Gasteiger partial charge in [0.15, 0.2) is 0 Å². The third-order valence-electron chi connectivity index (χ3n) is 5.62. The van der Waals surface area contributed by atoms with Crippen LogP contribution in [0.25, 0.3) is 0 Å². The monoisotopic (exact) mass is 450 g/mol. The van der Waals surface area contributed by atoms with Gasteiger partial charge in [0.1, 0.15) is 10.8 Å². The number of nitrogens with one attached hydrogen (secondary N) is 1. The van der Waals surface area contributed by atoms with Crippen LogP contribution in [0.2, 0.25) is 5.02 Å². The van der Waals surface area contributed by atoms with Gasteiger partial charge in [-0.3, -0.25) is 4.79 Å². The number of rotatable bonds is 6. The van der Waals surface area contributed by atoms with Gasteiger partial charge in [0.05, 0.1) is 24.5 Å². The molecule has 2 aliphatic rings. The average molecular weight is 451 g/mol. The number of phenols is 1. The van der Waals surface area contributed by atoms with E-state index in [0.717, 1.165) is 63.4 Å². The minimum absolute atomic E-state index is 0.0486. The summed E-state index contributed by atoms with van der Waals surface area (Å²) < 4.78 is 9.32. The van der Waals surface area contributed by atoms with E-state index in [4.69, 9.17) is 16.3 Å². The molecule has 162 valence electrons. The normalized spacial score (nSPS) is 20.9. The summed E-state index contributed by atoms with van der Waals surface area (Å²) >= 11 is 8.05. The minimum Gasteiger partial charge on any atom is -0.508 e. The SMILES string of the molecule is O=c1c(Cl)c(NCC2CCCOC2)cnn1C1CCN(Sc2ccc(O)cc2)CC1. The average Bonchev–Trinajstić information content (AvgIpc) is 2.78. The van der Waals surface area contributed by atoms with Crippen molar-refractivity contribution in [2.24, 2.45) is 5.92 Å². The van der Waals surface area contributed by atoms with Gasteiger partial charge in [-0.05, 0) is 67.8 Å². The van der Waals surface area contributed by atoms with Crippen molar-refractivity contribution in [2.45, 2.75) is 36.6 Å². The van der Waals surface area contributed by atoms with Crippen molar-refractivity contribution in [1.82, 2.24) is 14.1 Å². The van der Waals surface area contributed by atoms with E-state index in [1.807, 2.05) is 12.1 Å². The predicted molar refractivity (Wildman–Crippen MR) is 119 cm³/mol. The third-order valence-corrected chi connectivity index (χ3v) is 7.09. The van der Waals surface area contributed by atoms with Gasteiger partial charge in [-0.2, -0.15) is 5.10 Å². The summed E-state index contributed by atoms with van der Waals surface area (Å²) in [6.45, 7) is 4.02. The van der Waals surface area contributed by atoms with Crippen LogP contribution < -0.4 is 10.9 Å². The third kappa shape index (κ3) is 5.29. The first-order chi connectivity index (χ1) is 14.6. The Morgan fingerprint density at radius 1 is 1.23 bits per heavy atom. The Bertz CT molecular complexity index is 894. The molecule has 0 bridgehead atoms. The van der Waals surface area contributed by atoms with Crippen molar-refractivity contribution in [3.05, 3.63) is 45.8 Å². The topological polar surface area (TPSA) is 79.6 Å². The number of phenolic OH excluding ortho intramolecular Hbond substituents is 1. The maximum Gasteiger partial charge on any atom is 0.287 e. The van der Waals surface area contributed by atoms with Crippen molar-refractivity contribution in [1.29, 1.82) is 0 Å².